The number of carbonyl (C=O) groups is 2. The number of aliphatic hydroxyl groups is 1. The summed E-state index contributed by atoms with van der Waals surface area (Å²) in [7, 11) is 1.60. The second kappa shape index (κ2) is 8.73. The minimum absolute atomic E-state index is 0.0160. The summed E-state index contributed by atoms with van der Waals surface area (Å²) in [5.74, 6) is 1.24. The predicted octanol–water partition coefficient (Wildman–Crippen LogP) is 5.11. The predicted molar refractivity (Wildman–Crippen MR) is 120 cm³/mol. The molecule has 7 heteroatoms. The van der Waals surface area contributed by atoms with Crippen LogP contribution in [0, 0.1) is 5.41 Å². The van der Waals surface area contributed by atoms with Crippen molar-refractivity contribution >= 4 is 23.0 Å². The van der Waals surface area contributed by atoms with Gasteiger partial charge in [-0.3, -0.25) is 14.6 Å². The Morgan fingerprint density at radius 2 is 1.91 bits per heavy atom. The fourth-order valence-electron chi connectivity index (χ4n) is 4.44. The number of rotatable bonds is 5. The molecule has 0 amide bonds. The molecule has 1 aromatic heterocycles. The van der Waals surface area contributed by atoms with Crippen LogP contribution in [0.2, 0.25) is 0 Å². The van der Waals surface area contributed by atoms with E-state index in [0.29, 0.717) is 60.5 Å². The first kappa shape index (κ1) is 22.0. The summed E-state index contributed by atoms with van der Waals surface area (Å²) in [5.41, 5.74) is 2.40. The number of allylic oxidation sites excluding steroid dienone is 2. The molecule has 2 aliphatic carbocycles. The molecule has 1 fully saturated rings. The molecule has 1 aromatic carbocycles. The lowest BCUT2D eigenvalue weighted by atomic mass is 9.73. The molecule has 168 valence electrons. The van der Waals surface area contributed by atoms with Crippen LogP contribution in [-0.4, -0.2) is 34.7 Å². The van der Waals surface area contributed by atoms with Crippen molar-refractivity contribution in [3.05, 3.63) is 52.6 Å². The van der Waals surface area contributed by atoms with E-state index in [1.54, 1.807) is 7.11 Å². The highest BCUT2D eigenvalue weighted by atomic mass is 16.5. The second-order valence-electron chi connectivity index (χ2n) is 9.22. The smallest absolute Gasteiger partial charge is 0.168 e. The number of carbonyl (C=O) groups excluding carboxylic acids is 2. The molecule has 0 radical (unpaired) electrons. The van der Waals surface area contributed by atoms with Crippen molar-refractivity contribution < 1.29 is 24.0 Å². The summed E-state index contributed by atoms with van der Waals surface area (Å²) >= 11 is 0. The molecular formula is C25H28N2O5. The van der Waals surface area contributed by atoms with E-state index in [0.717, 1.165) is 12.2 Å². The van der Waals surface area contributed by atoms with Crippen LogP contribution in [0.4, 0.5) is 5.69 Å². The van der Waals surface area contributed by atoms with E-state index >= 15 is 0 Å². The van der Waals surface area contributed by atoms with Crippen molar-refractivity contribution in [3.63, 3.8) is 0 Å². The van der Waals surface area contributed by atoms with E-state index in [1.165, 1.54) is 0 Å². The number of aliphatic hydroxyl groups excluding tert-OH is 1. The molecule has 1 N–H and O–H groups in total. The normalized spacial score (nSPS) is 20.9. The third-order valence-electron chi connectivity index (χ3n) is 6.00. The highest BCUT2D eigenvalue weighted by Gasteiger charge is 2.36. The quantitative estimate of drug-likeness (QED) is 0.516. The van der Waals surface area contributed by atoms with Crippen LogP contribution >= 0.6 is 0 Å². The van der Waals surface area contributed by atoms with E-state index < -0.39 is 0 Å². The number of Topliss-reactive ketones (excluding diaryl/α,β-unsaturated/α-hetero) is 2. The van der Waals surface area contributed by atoms with E-state index in [9.17, 15) is 14.7 Å². The van der Waals surface area contributed by atoms with Crippen LogP contribution in [-0.2, 0) is 17.6 Å². The van der Waals surface area contributed by atoms with Crippen LogP contribution in [0.15, 0.2) is 45.1 Å². The number of ketones is 2. The molecule has 0 bridgehead atoms. The molecule has 2 aliphatic rings. The third kappa shape index (κ3) is 4.52. The lowest BCUT2D eigenvalue weighted by Gasteiger charge is -2.31. The van der Waals surface area contributed by atoms with Gasteiger partial charge in [0.15, 0.2) is 11.6 Å². The lowest BCUT2D eigenvalue weighted by Crippen LogP contribution is -2.32. The van der Waals surface area contributed by atoms with Gasteiger partial charge in [0.1, 0.15) is 17.3 Å². The van der Waals surface area contributed by atoms with E-state index in [-0.39, 0.29) is 34.7 Å². The number of hydrogen-bond donors (Lipinski definition) is 1. The maximum absolute atomic E-state index is 13.0. The van der Waals surface area contributed by atoms with Crippen LogP contribution in [0.25, 0.3) is 0 Å². The standard InChI is InChI=1S/C25H28N2O5/c1-25(2)13-18(26-15-7-9-16(31-3)10-8-15)23(21(30)14-25)20(29)12-11-17-24-19(28)5-4-6-22(24)32-27-17/h7-10,29H,4-6,11-14H2,1-3H3. The van der Waals surface area contributed by atoms with Gasteiger partial charge in [-0.2, -0.15) is 0 Å². The fourth-order valence-corrected chi connectivity index (χ4v) is 4.44. The van der Waals surface area contributed by atoms with Crippen molar-refractivity contribution in [1.29, 1.82) is 0 Å². The molecule has 1 heterocycles. The monoisotopic (exact) mass is 436 g/mol. The summed E-state index contributed by atoms with van der Waals surface area (Å²) < 4.78 is 10.5. The summed E-state index contributed by atoms with van der Waals surface area (Å²) in [6, 6.07) is 7.26. The van der Waals surface area contributed by atoms with Gasteiger partial charge in [0.2, 0.25) is 0 Å². The minimum atomic E-state index is -0.246. The van der Waals surface area contributed by atoms with Gasteiger partial charge in [0.05, 0.1) is 35.3 Å². The average Bonchev–Trinajstić information content (AvgIpc) is 3.16. The van der Waals surface area contributed by atoms with Crippen LogP contribution < -0.4 is 4.74 Å². The van der Waals surface area contributed by atoms with Crippen molar-refractivity contribution in [3.8, 4) is 5.75 Å². The molecule has 32 heavy (non-hydrogen) atoms. The summed E-state index contributed by atoms with van der Waals surface area (Å²) in [6.45, 7) is 4.05. The molecule has 7 nitrogen and oxygen atoms in total. The van der Waals surface area contributed by atoms with Crippen LogP contribution in [0.3, 0.4) is 0 Å². The Bertz CT molecular complexity index is 1110. The molecular weight excluding hydrogens is 408 g/mol. The van der Waals surface area contributed by atoms with Crippen molar-refractivity contribution in [2.24, 2.45) is 10.4 Å². The Morgan fingerprint density at radius 1 is 1.16 bits per heavy atom. The third-order valence-corrected chi connectivity index (χ3v) is 6.00. The number of fused-ring (bicyclic) bond motifs is 1. The van der Waals surface area contributed by atoms with Gasteiger partial charge < -0.3 is 14.4 Å². The van der Waals surface area contributed by atoms with Crippen molar-refractivity contribution in [2.75, 3.05) is 7.11 Å². The summed E-state index contributed by atoms with van der Waals surface area (Å²) in [6.07, 6.45) is 3.38. The zero-order valence-corrected chi connectivity index (χ0v) is 18.7. The molecule has 0 unspecified atom stereocenters. The molecule has 0 aliphatic heterocycles. The number of ether oxygens (including phenoxy) is 1. The number of methoxy groups -OCH3 is 1. The maximum atomic E-state index is 13.0. The number of hydrogen-bond acceptors (Lipinski definition) is 7. The van der Waals surface area contributed by atoms with Crippen LogP contribution in [0.1, 0.15) is 67.8 Å². The Balaban J connectivity index is 1.63. The van der Waals surface area contributed by atoms with E-state index in [1.807, 2.05) is 38.1 Å². The van der Waals surface area contributed by atoms with Crippen molar-refractivity contribution in [2.45, 2.75) is 58.8 Å². The Kier molecular flexibility index (Phi) is 6.00. The largest absolute Gasteiger partial charge is 0.511 e. The number of aryl methyl sites for hydroxylation is 2. The lowest BCUT2D eigenvalue weighted by molar-refractivity contribution is -0.117. The molecule has 0 atom stereocenters. The Morgan fingerprint density at radius 3 is 2.62 bits per heavy atom. The number of benzene rings is 1. The second-order valence-corrected chi connectivity index (χ2v) is 9.22. The molecule has 4 rings (SSSR count). The fraction of sp³-hybridized carbons (Fsp3) is 0.440. The van der Waals surface area contributed by atoms with Crippen molar-refractivity contribution in [1.82, 2.24) is 5.16 Å². The zero-order chi connectivity index (χ0) is 22.9. The van der Waals surface area contributed by atoms with Gasteiger partial charge in [-0.25, -0.2) is 0 Å². The van der Waals surface area contributed by atoms with Gasteiger partial charge in [-0.15, -0.1) is 0 Å². The summed E-state index contributed by atoms with van der Waals surface area (Å²) in [5, 5.41) is 15.0. The molecule has 0 saturated heterocycles. The Hall–Kier alpha value is -3.22. The maximum Gasteiger partial charge on any atom is 0.168 e. The topological polar surface area (TPSA) is 102 Å². The first-order valence-electron chi connectivity index (χ1n) is 11.0. The molecule has 0 spiro atoms. The van der Waals surface area contributed by atoms with Gasteiger partial charge in [0, 0.05) is 32.1 Å². The number of aliphatic imine (C=N–C) groups is 1. The van der Waals surface area contributed by atoms with E-state index in [4.69, 9.17) is 14.3 Å². The minimum Gasteiger partial charge on any atom is -0.511 e. The van der Waals surface area contributed by atoms with Gasteiger partial charge >= 0.3 is 0 Å². The zero-order valence-electron chi connectivity index (χ0n) is 18.7. The average molecular weight is 437 g/mol. The first-order chi connectivity index (χ1) is 15.3. The highest BCUT2D eigenvalue weighted by molar-refractivity contribution is 6.25. The van der Waals surface area contributed by atoms with Gasteiger partial charge in [0.25, 0.3) is 0 Å². The van der Waals surface area contributed by atoms with E-state index in [2.05, 4.69) is 5.16 Å². The number of aromatic nitrogens is 1. The first-order valence-corrected chi connectivity index (χ1v) is 11.0. The molecule has 1 saturated carbocycles. The molecule has 2 aromatic rings. The summed E-state index contributed by atoms with van der Waals surface area (Å²) in [4.78, 5) is 30.0. The van der Waals surface area contributed by atoms with Gasteiger partial charge in [-0.1, -0.05) is 19.0 Å². The van der Waals surface area contributed by atoms with Gasteiger partial charge in [-0.05, 0) is 42.5 Å². The Labute approximate surface area is 187 Å². The number of nitrogens with zero attached hydrogens (tertiary/aromatic N) is 2. The highest BCUT2D eigenvalue weighted by Crippen LogP contribution is 2.37. The van der Waals surface area contributed by atoms with Crippen LogP contribution in [0.5, 0.6) is 5.75 Å². The SMILES string of the molecule is COc1ccc(N=C2CC(C)(C)CC(=O)C2=C(O)CCc2noc3c2C(=O)CCC3)cc1.